The van der Waals surface area contributed by atoms with E-state index in [1.807, 2.05) is 12.1 Å². The maximum absolute atomic E-state index is 10.9. The lowest BCUT2D eigenvalue weighted by atomic mass is 9.47. The predicted octanol–water partition coefficient (Wildman–Crippen LogP) is 3.42. The highest BCUT2D eigenvalue weighted by molar-refractivity contribution is 5.44. The fraction of sp³-hybridized carbons (Fsp3) is 0.805. The summed E-state index contributed by atoms with van der Waals surface area (Å²) in [6, 6.07) is 5.97. The van der Waals surface area contributed by atoms with Crippen molar-refractivity contribution in [3.8, 4) is 11.5 Å². The average molecular weight is 747 g/mol. The number of fused-ring (bicyclic) bond motifs is 5. The molecule has 0 spiro atoms. The van der Waals surface area contributed by atoms with Gasteiger partial charge in [-0.05, 0) is 124 Å². The van der Waals surface area contributed by atoms with Crippen molar-refractivity contribution in [2.45, 2.75) is 159 Å². The van der Waals surface area contributed by atoms with Gasteiger partial charge in [0.1, 0.15) is 48.1 Å². The minimum atomic E-state index is -1.39. The van der Waals surface area contributed by atoms with Gasteiger partial charge < -0.3 is 59.1 Å². The van der Waals surface area contributed by atoms with Crippen LogP contribution in [0.5, 0.6) is 11.5 Å². The summed E-state index contributed by atoms with van der Waals surface area (Å²) >= 11 is 0. The van der Waals surface area contributed by atoms with Crippen molar-refractivity contribution in [3.63, 3.8) is 0 Å². The number of hydrogen-bond donors (Lipinski definition) is 6. The first-order valence-corrected chi connectivity index (χ1v) is 19.7. The Kier molecular flexibility index (Phi) is 11.1. The number of ether oxygens (including phenoxy) is 6. The zero-order chi connectivity index (χ0) is 38.1. The van der Waals surface area contributed by atoms with E-state index in [1.165, 1.54) is 5.57 Å². The highest BCUT2D eigenvalue weighted by Crippen LogP contribution is 2.70. The molecule has 2 aliphatic heterocycles. The molecule has 1 aromatic carbocycles. The number of methoxy groups -OCH3 is 2. The molecule has 4 aliphatic carbocycles. The summed E-state index contributed by atoms with van der Waals surface area (Å²) in [6.45, 7) is 10.2. The summed E-state index contributed by atoms with van der Waals surface area (Å²) in [4.78, 5) is 0. The molecule has 0 amide bonds. The van der Waals surface area contributed by atoms with Crippen LogP contribution >= 0.6 is 0 Å². The number of aliphatic hydroxyl groups excluding tert-OH is 6. The summed E-state index contributed by atoms with van der Waals surface area (Å²) < 4.78 is 36.3. The van der Waals surface area contributed by atoms with Gasteiger partial charge >= 0.3 is 0 Å². The summed E-state index contributed by atoms with van der Waals surface area (Å²) in [5, 5.41) is 63.1. The van der Waals surface area contributed by atoms with Gasteiger partial charge in [-0.1, -0.05) is 25.5 Å². The van der Waals surface area contributed by atoms with Gasteiger partial charge in [-0.2, -0.15) is 0 Å². The van der Waals surface area contributed by atoms with Crippen molar-refractivity contribution in [3.05, 3.63) is 35.4 Å². The maximum atomic E-state index is 10.9. The van der Waals surface area contributed by atoms with E-state index in [0.717, 1.165) is 62.0 Å². The van der Waals surface area contributed by atoms with Crippen LogP contribution in [0.15, 0.2) is 29.8 Å². The monoisotopic (exact) mass is 746 g/mol. The molecule has 2 heterocycles. The highest BCUT2D eigenvalue weighted by atomic mass is 16.7. The lowest BCUT2D eigenvalue weighted by Gasteiger charge is -2.58. The van der Waals surface area contributed by atoms with Crippen LogP contribution in [0.25, 0.3) is 0 Å². The van der Waals surface area contributed by atoms with Gasteiger partial charge in [0.05, 0.1) is 38.6 Å². The van der Waals surface area contributed by atoms with E-state index in [-0.39, 0.29) is 34.9 Å². The smallest absolute Gasteiger partial charge is 0.186 e. The summed E-state index contributed by atoms with van der Waals surface area (Å²) in [5.74, 6) is 2.90. The van der Waals surface area contributed by atoms with Crippen molar-refractivity contribution in [2.75, 3.05) is 14.2 Å². The Morgan fingerprint density at radius 2 is 1.45 bits per heavy atom. The number of aliphatic hydroxyl groups is 6. The average Bonchev–Trinajstić information content (AvgIpc) is 3.47. The molecule has 6 N–H and O–H groups in total. The van der Waals surface area contributed by atoms with Gasteiger partial charge in [-0.15, -0.1) is 0 Å². The van der Waals surface area contributed by atoms with E-state index in [1.54, 1.807) is 28.1 Å². The minimum absolute atomic E-state index is 0.00431. The van der Waals surface area contributed by atoms with E-state index in [2.05, 4.69) is 32.9 Å². The molecule has 1 aromatic rings. The van der Waals surface area contributed by atoms with Gasteiger partial charge in [0, 0.05) is 5.56 Å². The lowest BCUT2D eigenvalue weighted by molar-refractivity contribution is -0.309. The van der Waals surface area contributed by atoms with Gasteiger partial charge in [0.25, 0.3) is 0 Å². The van der Waals surface area contributed by atoms with Crippen LogP contribution in [0.4, 0.5) is 0 Å². The van der Waals surface area contributed by atoms with Crippen LogP contribution in [-0.4, -0.2) is 118 Å². The van der Waals surface area contributed by atoms with E-state index < -0.39 is 61.4 Å². The second-order valence-corrected chi connectivity index (χ2v) is 17.5. The van der Waals surface area contributed by atoms with E-state index in [0.29, 0.717) is 17.8 Å². The van der Waals surface area contributed by atoms with Gasteiger partial charge in [0.15, 0.2) is 12.6 Å². The normalized spacial score (nSPS) is 48.9. The molecule has 3 saturated carbocycles. The number of rotatable bonds is 8. The quantitative estimate of drug-likeness (QED) is 0.214. The van der Waals surface area contributed by atoms with Crippen molar-refractivity contribution >= 4 is 0 Å². The van der Waals surface area contributed by atoms with Gasteiger partial charge in [-0.25, -0.2) is 0 Å². The van der Waals surface area contributed by atoms with Gasteiger partial charge in [-0.3, -0.25) is 0 Å². The Morgan fingerprint density at radius 1 is 0.792 bits per heavy atom. The standard InChI is InChI=1S/C41H62O12/c1-19(50-38-36(46)34(44)32(42)20(2)51-38)31-27(26-17-23(48-6)9-11-30(26)49-7)18-29-25-10-8-22-16-24(53-39-37(47)35(45)33(43)21(3)52-39)12-14-40(22,4)28(25)13-15-41(29,31)5/h8-9,11,17,19-21,24-25,27-29,31-39,42-47H,10,12-16,18H2,1-7H3/t19?,20-,21-,24?,25?,27?,28?,29?,31?,32?,33+,34+,35+,36-,37-,38?,39?,40?,41?/m0/s1. The maximum Gasteiger partial charge on any atom is 0.186 e. The zero-order valence-electron chi connectivity index (χ0n) is 32.2. The molecule has 0 bridgehead atoms. The van der Waals surface area contributed by atoms with Crippen LogP contribution < -0.4 is 9.47 Å². The number of benzene rings is 1. The first-order chi connectivity index (χ1) is 25.1. The van der Waals surface area contributed by atoms with Crippen LogP contribution in [-0.2, 0) is 18.9 Å². The molecule has 5 fully saturated rings. The Bertz CT molecular complexity index is 1490. The van der Waals surface area contributed by atoms with Crippen LogP contribution in [0, 0.1) is 34.5 Å². The van der Waals surface area contributed by atoms with Crippen molar-refractivity contribution in [1.29, 1.82) is 0 Å². The molecule has 12 heteroatoms. The number of hydrogen-bond acceptors (Lipinski definition) is 12. The molecule has 19 atom stereocenters. The van der Waals surface area contributed by atoms with E-state index >= 15 is 0 Å². The second-order valence-electron chi connectivity index (χ2n) is 17.5. The summed E-state index contributed by atoms with van der Waals surface area (Å²) in [7, 11) is 3.37. The molecular formula is C41H62O12. The van der Waals surface area contributed by atoms with Crippen molar-refractivity contribution in [2.24, 2.45) is 34.5 Å². The lowest BCUT2D eigenvalue weighted by Crippen LogP contribution is -2.58. The first kappa shape index (κ1) is 39.4. The zero-order valence-corrected chi connectivity index (χ0v) is 32.2. The molecule has 6 aliphatic rings. The third-order valence-electron chi connectivity index (χ3n) is 14.8. The third-order valence-corrected chi connectivity index (χ3v) is 14.8. The van der Waals surface area contributed by atoms with Crippen LogP contribution in [0.1, 0.15) is 91.0 Å². The third kappa shape index (κ3) is 6.66. The van der Waals surface area contributed by atoms with E-state index in [4.69, 9.17) is 28.4 Å². The number of allylic oxidation sites excluding steroid dienone is 1. The van der Waals surface area contributed by atoms with Crippen LogP contribution in [0.3, 0.4) is 0 Å². The largest absolute Gasteiger partial charge is 0.497 e. The van der Waals surface area contributed by atoms with Crippen molar-refractivity contribution in [1.82, 2.24) is 0 Å². The molecule has 298 valence electrons. The van der Waals surface area contributed by atoms with E-state index in [9.17, 15) is 30.6 Å². The summed E-state index contributed by atoms with van der Waals surface area (Å²) in [5.41, 5.74) is 2.34. The topological polar surface area (TPSA) is 177 Å². The minimum Gasteiger partial charge on any atom is -0.497 e. The second kappa shape index (κ2) is 14.9. The van der Waals surface area contributed by atoms with Crippen LogP contribution in [0.2, 0.25) is 0 Å². The van der Waals surface area contributed by atoms with Gasteiger partial charge in [0.2, 0.25) is 0 Å². The molecule has 7 rings (SSSR count). The Balaban J connectivity index is 1.16. The molecule has 0 aromatic heterocycles. The highest BCUT2D eigenvalue weighted by Gasteiger charge is 2.63. The fourth-order valence-electron chi connectivity index (χ4n) is 11.9. The first-order valence-electron chi connectivity index (χ1n) is 19.7. The SMILES string of the molecule is COc1ccc(OC)c(C2CC3C4CC=C5CC(OC6O[C@@H](C)[C@@H](O)[C@@H](O)[C@@H]6O)CCC5(C)C4CCC3(C)C2C(C)OC2O[C@@H](C)C(O)[C@@H](O)[C@@H]2O)c1. The summed E-state index contributed by atoms with van der Waals surface area (Å²) in [6.07, 6.45) is -2.87. The molecular weight excluding hydrogens is 684 g/mol. The molecule has 12 nitrogen and oxygen atoms in total. The Hall–Kier alpha value is -1.84. The predicted molar refractivity (Wildman–Crippen MR) is 193 cm³/mol. The van der Waals surface area contributed by atoms with Crippen molar-refractivity contribution < 1.29 is 59.1 Å². The molecule has 2 saturated heterocycles. The fourth-order valence-corrected chi connectivity index (χ4v) is 11.9. The Morgan fingerprint density at radius 3 is 2.11 bits per heavy atom. The molecule has 0 radical (unpaired) electrons. The Labute approximate surface area is 313 Å². The molecule has 53 heavy (non-hydrogen) atoms. The molecule has 12 unspecified atom stereocenters.